The van der Waals surface area contributed by atoms with Crippen molar-refractivity contribution in [3.63, 3.8) is 0 Å². The molecular formula is C18H13NO2. The molecule has 0 radical (unpaired) electrons. The minimum atomic E-state index is -0.355. The van der Waals surface area contributed by atoms with Gasteiger partial charge in [0, 0.05) is 23.2 Å². The Labute approximate surface area is 122 Å². The molecule has 0 saturated heterocycles. The maximum absolute atomic E-state index is 11.8. The van der Waals surface area contributed by atoms with Gasteiger partial charge in [-0.1, -0.05) is 36.4 Å². The van der Waals surface area contributed by atoms with Gasteiger partial charge in [-0.05, 0) is 24.1 Å². The van der Waals surface area contributed by atoms with Crippen LogP contribution in [-0.4, -0.2) is 17.6 Å². The third-order valence-corrected chi connectivity index (χ3v) is 3.21. The minimum absolute atomic E-state index is 0.355. The summed E-state index contributed by atoms with van der Waals surface area (Å²) < 4.78 is 6.58. The zero-order chi connectivity index (χ0) is 14.7. The highest BCUT2D eigenvalue weighted by molar-refractivity contribution is 6.04. The zero-order valence-corrected chi connectivity index (χ0v) is 11.5. The third-order valence-electron chi connectivity index (χ3n) is 3.21. The minimum Gasteiger partial charge on any atom is -0.465 e. The van der Waals surface area contributed by atoms with Crippen molar-refractivity contribution in [1.29, 1.82) is 0 Å². The summed E-state index contributed by atoms with van der Waals surface area (Å²) in [7, 11) is 1.38. The molecule has 0 amide bonds. The average molecular weight is 275 g/mol. The van der Waals surface area contributed by atoms with Crippen LogP contribution in [0.3, 0.4) is 0 Å². The summed E-state index contributed by atoms with van der Waals surface area (Å²) in [6.07, 6.45) is 1.71. The second-order valence-corrected chi connectivity index (χ2v) is 4.52. The Morgan fingerprint density at radius 1 is 1.05 bits per heavy atom. The Hall–Kier alpha value is -2.99. The number of aromatic nitrogens is 1. The van der Waals surface area contributed by atoms with Crippen molar-refractivity contribution in [1.82, 2.24) is 4.57 Å². The van der Waals surface area contributed by atoms with Crippen LogP contribution in [0, 0.1) is 12.0 Å². The number of carbonyl (C=O) groups excluding carboxylic acids is 1. The van der Waals surface area contributed by atoms with Crippen LogP contribution in [-0.2, 0) is 4.74 Å². The lowest BCUT2D eigenvalue weighted by Gasteiger charge is -1.95. The van der Waals surface area contributed by atoms with Gasteiger partial charge in [0.25, 0.3) is 0 Å². The van der Waals surface area contributed by atoms with Crippen molar-refractivity contribution in [2.45, 2.75) is 0 Å². The summed E-state index contributed by atoms with van der Waals surface area (Å²) in [5.41, 5.74) is 2.34. The van der Waals surface area contributed by atoms with E-state index in [4.69, 9.17) is 4.74 Å². The van der Waals surface area contributed by atoms with E-state index >= 15 is 0 Å². The van der Waals surface area contributed by atoms with Gasteiger partial charge < -0.3 is 4.74 Å². The lowest BCUT2D eigenvalue weighted by atomic mass is 10.2. The van der Waals surface area contributed by atoms with Crippen molar-refractivity contribution in [2.24, 2.45) is 0 Å². The number of rotatable bonds is 1. The van der Waals surface area contributed by atoms with Gasteiger partial charge >= 0.3 is 5.97 Å². The second kappa shape index (κ2) is 5.56. The monoisotopic (exact) mass is 275 g/mol. The first-order valence-electron chi connectivity index (χ1n) is 6.55. The van der Waals surface area contributed by atoms with E-state index in [0.717, 1.165) is 16.5 Å². The topological polar surface area (TPSA) is 31.2 Å². The summed E-state index contributed by atoms with van der Waals surface area (Å²) in [5, 5.41) is 0.840. The first kappa shape index (κ1) is 13.0. The van der Waals surface area contributed by atoms with Crippen molar-refractivity contribution < 1.29 is 9.53 Å². The fourth-order valence-electron chi connectivity index (χ4n) is 2.19. The number of esters is 1. The number of nitrogens with zero attached hydrogens (tertiary/aromatic N) is 1. The normalized spacial score (nSPS) is 9.95. The maximum Gasteiger partial charge on any atom is 0.340 e. The molecule has 0 aliphatic heterocycles. The first-order chi connectivity index (χ1) is 10.3. The van der Waals surface area contributed by atoms with Crippen molar-refractivity contribution in [3.8, 4) is 12.0 Å². The number of hydrogen-bond donors (Lipinski definition) is 0. The molecule has 0 atom stereocenters. The summed E-state index contributed by atoms with van der Waals surface area (Å²) >= 11 is 0. The van der Waals surface area contributed by atoms with Gasteiger partial charge in [-0.25, -0.2) is 4.79 Å². The van der Waals surface area contributed by atoms with Crippen LogP contribution in [0.15, 0.2) is 60.8 Å². The van der Waals surface area contributed by atoms with Crippen LogP contribution in [0.1, 0.15) is 15.9 Å². The summed E-state index contributed by atoms with van der Waals surface area (Å²) in [6.45, 7) is 0. The molecule has 0 saturated carbocycles. The van der Waals surface area contributed by atoms with Gasteiger partial charge in [-0.3, -0.25) is 4.57 Å². The standard InChI is InChI=1S/C18H13NO2/c1-21-18(20)16-13-19(17-10-6-5-9-15(16)17)12-11-14-7-3-2-4-8-14/h2-10,13H,1H3. The molecule has 3 aromatic rings. The molecular weight excluding hydrogens is 262 g/mol. The molecule has 3 nitrogen and oxygen atoms in total. The number of hydrogen-bond acceptors (Lipinski definition) is 2. The van der Waals surface area contributed by atoms with E-state index in [-0.39, 0.29) is 5.97 Å². The third kappa shape index (κ3) is 2.52. The van der Waals surface area contributed by atoms with E-state index in [1.165, 1.54) is 7.11 Å². The van der Waals surface area contributed by atoms with Crippen LogP contribution in [0.5, 0.6) is 0 Å². The Morgan fingerprint density at radius 2 is 1.76 bits per heavy atom. The largest absolute Gasteiger partial charge is 0.465 e. The highest BCUT2D eigenvalue weighted by atomic mass is 16.5. The van der Waals surface area contributed by atoms with Gasteiger partial charge in [0.15, 0.2) is 0 Å². The number of para-hydroxylation sites is 1. The smallest absolute Gasteiger partial charge is 0.340 e. The van der Waals surface area contributed by atoms with E-state index in [9.17, 15) is 4.79 Å². The Morgan fingerprint density at radius 3 is 2.52 bits per heavy atom. The van der Waals surface area contributed by atoms with E-state index in [2.05, 4.69) is 12.0 Å². The molecule has 0 N–H and O–H groups in total. The fraction of sp³-hybridized carbons (Fsp3) is 0.0556. The SMILES string of the molecule is COC(=O)c1cn(C#Cc2ccccc2)c2ccccc12. The molecule has 3 heteroatoms. The Balaban J connectivity index is 2.12. The Kier molecular flexibility index (Phi) is 3.44. The average Bonchev–Trinajstić information content (AvgIpc) is 2.92. The van der Waals surface area contributed by atoms with Crippen LogP contribution >= 0.6 is 0 Å². The maximum atomic E-state index is 11.8. The number of benzene rings is 2. The molecule has 0 fully saturated rings. The van der Waals surface area contributed by atoms with E-state index in [1.54, 1.807) is 10.8 Å². The molecule has 0 unspecified atom stereocenters. The summed E-state index contributed by atoms with van der Waals surface area (Å²) in [5.74, 6) is 2.73. The molecule has 1 heterocycles. The number of carbonyl (C=O) groups is 1. The second-order valence-electron chi connectivity index (χ2n) is 4.52. The lowest BCUT2D eigenvalue weighted by molar-refractivity contribution is 0.0603. The fourth-order valence-corrected chi connectivity index (χ4v) is 2.19. The van der Waals surface area contributed by atoms with Gasteiger partial charge in [0.05, 0.1) is 18.2 Å². The van der Waals surface area contributed by atoms with Gasteiger partial charge in [-0.15, -0.1) is 0 Å². The van der Waals surface area contributed by atoms with Gasteiger partial charge in [0.1, 0.15) is 0 Å². The summed E-state index contributed by atoms with van der Waals surface area (Å²) in [4.78, 5) is 11.8. The number of methoxy groups -OCH3 is 1. The predicted octanol–water partition coefficient (Wildman–Crippen LogP) is 3.29. The molecule has 2 aromatic carbocycles. The van der Waals surface area contributed by atoms with Gasteiger partial charge in [-0.2, -0.15) is 0 Å². The van der Waals surface area contributed by atoms with Crippen molar-refractivity contribution in [3.05, 3.63) is 71.9 Å². The van der Waals surface area contributed by atoms with Crippen LogP contribution in [0.2, 0.25) is 0 Å². The van der Waals surface area contributed by atoms with Crippen molar-refractivity contribution >= 4 is 16.9 Å². The van der Waals surface area contributed by atoms with E-state index in [0.29, 0.717) is 5.56 Å². The summed E-state index contributed by atoms with van der Waals surface area (Å²) in [6, 6.07) is 20.4. The zero-order valence-electron chi connectivity index (χ0n) is 11.5. The molecule has 102 valence electrons. The van der Waals surface area contributed by atoms with E-state index in [1.807, 2.05) is 54.6 Å². The molecule has 0 aliphatic rings. The highest BCUT2D eigenvalue weighted by Gasteiger charge is 2.14. The Bertz CT molecular complexity index is 851. The van der Waals surface area contributed by atoms with Crippen LogP contribution in [0.4, 0.5) is 0 Å². The number of ether oxygens (including phenoxy) is 1. The highest BCUT2D eigenvalue weighted by Crippen LogP contribution is 2.21. The predicted molar refractivity (Wildman–Crippen MR) is 82.0 cm³/mol. The molecule has 0 spiro atoms. The molecule has 1 aromatic heterocycles. The molecule has 3 rings (SSSR count). The molecule has 0 aliphatic carbocycles. The van der Waals surface area contributed by atoms with E-state index < -0.39 is 0 Å². The lowest BCUT2D eigenvalue weighted by Crippen LogP contribution is -1.99. The number of fused-ring (bicyclic) bond motifs is 1. The van der Waals surface area contributed by atoms with Crippen LogP contribution < -0.4 is 0 Å². The van der Waals surface area contributed by atoms with Crippen LogP contribution in [0.25, 0.3) is 10.9 Å². The molecule has 21 heavy (non-hydrogen) atoms. The molecule has 0 bridgehead atoms. The van der Waals surface area contributed by atoms with Crippen molar-refractivity contribution in [2.75, 3.05) is 7.11 Å². The first-order valence-corrected chi connectivity index (χ1v) is 6.55. The van der Waals surface area contributed by atoms with Gasteiger partial charge in [0.2, 0.25) is 0 Å². The quantitative estimate of drug-likeness (QED) is 0.504.